The third kappa shape index (κ3) is 37.7. The van der Waals surface area contributed by atoms with Gasteiger partial charge in [-0.05, 0) is 12.8 Å². The van der Waals surface area contributed by atoms with Crippen LogP contribution in [0.3, 0.4) is 0 Å². The van der Waals surface area contributed by atoms with Gasteiger partial charge in [-0.1, -0.05) is 187 Å². The number of phosphoric ester groups is 1. The molecule has 0 bridgehead atoms. The van der Waals surface area contributed by atoms with E-state index in [1.54, 1.807) is 0 Å². The molecule has 9 heteroatoms. The predicted octanol–water partition coefficient (Wildman–Crippen LogP) is 11.7. The molecule has 1 unspecified atom stereocenters. The highest BCUT2D eigenvalue weighted by atomic mass is 31.2. The first kappa shape index (κ1) is 46.0. The molecule has 0 radical (unpaired) electrons. The van der Waals surface area contributed by atoms with Crippen LogP contribution in [0.15, 0.2) is 0 Å². The Kier molecular flexibility index (Phi) is 34.2. The second-order valence-electron chi connectivity index (χ2n) is 13.6. The van der Waals surface area contributed by atoms with Crippen LogP contribution in [0.1, 0.15) is 213 Å². The third-order valence-corrected chi connectivity index (χ3v) is 9.36. The van der Waals surface area contributed by atoms with Crippen LogP contribution < -0.4 is 0 Å². The van der Waals surface area contributed by atoms with E-state index in [2.05, 4.69) is 18.4 Å². The summed E-state index contributed by atoms with van der Waals surface area (Å²) in [6.45, 7) is 3.69. The van der Waals surface area contributed by atoms with Crippen molar-refractivity contribution in [3.8, 4) is 0 Å². The number of rotatable bonds is 37. The summed E-state index contributed by atoms with van der Waals surface area (Å²) in [6, 6.07) is 0. The van der Waals surface area contributed by atoms with E-state index in [4.69, 9.17) is 19.3 Å². The van der Waals surface area contributed by atoms with Crippen molar-refractivity contribution in [1.29, 1.82) is 0 Å². The highest BCUT2D eigenvalue weighted by Gasteiger charge is 2.22. The van der Waals surface area contributed by atoms with Crippen LogP contribution in [0.5, 0.6) is 0 Å². The Labute approximate surface area is 289 Å². The lowest BCUT2D eigenvalue weighted by atomic mass is 10.0. The molecule has 0 saturated carbocycles. The van der Waals surface area contributed by atoms with Crippen molar-refractivity contribution in [3.05, 3.63) is 0 Å². The zero-order valence-electron chi connectivity index (χ0n) is 30.7. The van der Waals surface area contributed by atoms with E-state index in [1.165, 1.54) is 148 Å². The molecule has 2 N–H and O–H groups in total. The Morgan fingerprint density at radius 3 is 1.09 bits per heavy atom. The minimum Gasteiger partial charge on any atom is -0.462 e. The molecule has 280 valence electrons. The molecule has 8 nitrogen and oxygen atoms in total. The summed E-state index contributed by atoms with van der Waals surface area (Å²) >= 11 is 0. The summed E-state index contributed by atoms with van der Waals surface area (Å²) in [5.41, 5.74) is 0. The van der Waals surface area contributed by atoms with Gasteiger partial charge in [0.25, 0.3) is 0 Å². The van der Waals surface area contributed by atoms with Gasteiger partial charge in [0.05, 0.1) is 6.61 Å². The summed E-state index contributed by atoms with van der Waals surface area (Å²) in [5, 5.41) is 0. The molecule has 1 atom stereocenters. The Bertz CT molecular complexity index is 741. The van der Waals surface area contributed by atoms with Crippen LogP contribution in [0.25, 0.3) is 0 Å². The van der Waals surface area contributed by atoms with Gasteiger partial charge in [0.2, 0.25) is 0 Å². The van der Waals surface area contributed by atoms with E-state index in [0.717, 1.165) is 32.1 Å². The van der Waals surface area contributed by atoms with E-state index in [9.17, 15) is 14.2 Å². The number of carbonyl (C=O) groups excluding carboxylic acids is 2. The minimum absolute atomic E-state index is 0.220. The molecule has 0 aliphatic heterocycles. The maximum absolute atomic E-state index is 12.4. The Morgan fingerprint density at radius 2 is 0.766 bits per heavy atom. The monoisotopic (exact) mass is 691 g/mol. The average molecular weight is 691 g/mol. The zero-order chi connectivity index (χ0) is 34.7. The van der Waals surface area contributed by atoms with E-state index >= 15 is 0 Å². The fraction of sp³-hybridized carbons (Fsp3) is 0.947. The molecule has 0 amide bonds. The Morgan fingerprint density at radius 1 is 0.468 bits per heavy atom. The number of carbonyl (C=O) groups is 2. The van der Waals surface area contributed by atoms with Gasteiger partial charge in [-0.3, -0.25) is 14.1 Å². The molecule has 0 aromatic carbocycles. The maximum Gasteiger partial charge on any atom is 0.469 e. The van der Waals surface area contributed by atoms with Crippen LogP contribution in [0.4, 0.5) is 0 Å². The van der Waals surface area contributed by atoms with Gasteiger partial charge in [0, 0.05) is 12.8 Å². The first-order valence-corrected chi connectivity index (χ1v) is 21.4. The van der Waals surface area contributed by atoms with Gasteiger partial charge in [-0.25, -0.2) is 4.57 Å². The van der Waals surface area contributed by atoms with Gasteiger partial charge in [0.1, 0.15) is 6.61 Å². The van der Waals surface area contributed by atoms with Crippen molar-refractivity contribution in [1.82, 2.24) is 0 Å². The highest BCUT2D eigenvalue weighted by molar-refractivity contribution is 7.46. The first-order chi connectivity index (χ1) is 22.8. The number of ether oxygens (including phenoxy) is 2. The Hall–Kier alpha value is -0.950. The molecule has 0 aromatic rings. The zero-order valence-corrected chi connectivity index (χ0v) is 31.6. The number of hydrogen-bond donors (Lipinski definition) is 2. The average Bonchev–Trinajstić information content (AvgIpc) is 3.03. The first-order valence-electron chi connectivity index (χ1n) is 19.8. The molecule has 0 saturated heterocycles. The number of hydrogen-bond acceptors (Lipinski definition) is 6. The fourth-order valence-electron chi connectivity index (χ4n) is 5.90. The number of esters is 2. The van der Waals surface area contributed by atoms with Crippen LogP contribution in [0, 0.1) is 0 Å². The molecule has 0 fully saturated rings. The summed E-state index contributed by atoms with van der Waals surface area (Å²) in [4.78, 5) is 42.7. The lowest BCUT2D eigenvalue weighted by molar-refractivity contribution is -0.161. The quantitative estimate of drug-likeness (QED) is 0.0375. The highest BCUT2D eigenvalue weighted by Crippen LogP contribution is 2.36. The molecule has 0 aliphatic carbocycles. The van der Waals surface area contributed by atoms with Crippen LogP contribution in [0.2, 0.25) is 0 Å². The van der Waals surface area contributed by atoms with Crippen molar-refractivity contribution in [2.24, 2.45) is 0 Å². The molecule has 0 aromatic heterocycles. The molecular weight excluding hydrogens is 615 g/mol. The fourth-order valence-corrected chi connectivity index (χ4v) is 6.26. The number of unbranched alkanes of at least 4 members (excludes halogenated alkanes) is 27. The lowest BCUT2D eigenvalue weighted by Crippen LogP contribution is -2.29. The van der Waals surface area contributed by atoms with Gasteiger partial charge < -0.3 is 19.3 Å². The summed E-state index contributed by atoms with van der Waals surface area (Å²) in [5.74, 6) is -0.871. The smallest absolute Gasteiger partial charge is 0.462 e. The number of phosphoric acid groups is 1. The van der Waals surface area contributed by atoms with Crippen molar-refractivity contribution < 1.29 is 37.9 Å². The van der Waals surface area contributed by atoms with Gasteiger partial charge in [-0.15, -0.1) is 0 Å². The summed E-state index contributed by atoms with van der Waals surface area (Å²) in [6.07, 6.45) is 35.4. The minimum atomic E-state index is -4.74. The summed E-state index contributed by atoms with van der Waals surface area (Å²) in [7, 11) is -4.74. The SMILES string of the molecule is CCCCCCCCCCCCCCCCCCCCC(=O)OC(COC(=O)CCCCCCCCCCCCC)COP(=O)(O)O. The predicted molar refractivity (Wildman–Crippen MR) is 193 cm³/mol. The molecule has 0 spiro atoms. The maximum atomic E-state index is 12.4. The second-order valence-corrected chi connectivity index (χ2v) is 14.9. The van der Waals surface area contributed by atoms with Gasteiger partial charge >= 0.3 is 19.8 Å². The molecule has 0 heterocycles. The Balaban J connectivity index is 3.86. The van der Waals surface area contributed by atoms with E-state index in [1.807, 2.05) is 0 Å². The summed E-state index contributed by atoms with van der Waals surface area (Å²) < 4.78 is 26.3. The van der Waals surface area contributed by atoms with Crippen molar-refractivity contribution in [2.75, 3.05) is 13.2 Å². The van der Waals surface area contributed by atoms with Crippen LogP contribution >= 0.6 is 7.82 Å². The van der Waals surface area contributed by atoms with Gasteiger partial charge in [0.15, 0.2) is 6.10 Å². The molecule has 0 aliphatic rings. The van der Waals surface area contributed by atoms with Crippen LogP contribution in [-0.2, 0) is 28.2 Å². The van der Waals surface area contributed by atoms with Crippen molar-refractivity contribution in [2.45, 2.75) is 219 Å². The topological polar surface area (TPSA) is 119 Å². The molecule has 0 rings (SSSR count). The largest absolute Gasteiger partial charge is 0.469 e. The van der Waals surface area contributed by atoms with E-state index in [-0.39, 0.29) is 19.4 Å². The standard InChI is InChI=1S/C38H75O8P/c1-3-5-7-9-11-13-15-16-17-18-19-20-21-23-25-27-29-31-33-38(40)46-36(35-45-47(41,42)43)34-44-37(39)32-30-28-26-24-22-14-12-10-8-6-4-2/h36H,3-35H2,1-2H3,(H2,41,42,43). The second kappa shape index (κ2) is 34.9. The normalized spacial score (nSPS) is 12.3. The van der Waals surface area contributed by atoms with Crippen molar-refractivity contribution in [3.63, 3.8) is 0 Å². The molecule has 47 heavy (non-hydrogen) atoms. The van der Waals surface area contributed by atoms with Gasteiger partial charge in [-0.2, -0.15) is 0 Å². The van der Waals surface area contributed by atoms with E-state index < -0.39 is 32.5 Å². The van der Waals surface area contributed by atoms with E-state index in [0.29, 0.717) is 6.42 Å². The van der Waals surface area contributed by atoms with Crippen LogP contribution in [-0.4, -0.2) is 41.0 Å². The third-order valence-electron chi connectivity index (χ3n) is 8.88. The lowest BCUT2D eigenvalue weighted by Gasteiger charge is -2.18. The molecular formula is C38H75O8P. The van der Waals surface area contributed by atoms with Crippen molar-refractivity contribution >= 4 is 19.8 Å².